The van der Waals surface area contributed by atoms with Crippen LogP contribution in [0.25, 0.3) is 0 Å². The summed E-state index contributed by atoms with van der Waals surface area (Å²) in [7, 11) is 1.82. The molecule has 2 rings (SSSR count). The first kappa shape index (κ1) is 15.3. The SMILES string of the molecule is Cc1cc(=O)c(O)c(CN(C)CCO)n1Cc1ccco1. The molecule has 0 fully saturated rings. The molecule has 0 spiro atoms. The van der Waals surface area contributed by atoms with E-state index in [0.29, 0.717) is 25.3 Å². The van der Waals surface area contributed by atoms with E-state index in [4.69, 9.17) is 9.52 Å². The number of hydrogen-bond donors (Lipinski definition) is 2. The van der Waals surface area contributed by atoms with Gasteiger partial charge in [0.15, 0.2) is 5.75 Å². The van der Waals surface area contributed by atoms with Crippen molar-refractivity contribution in [1.82, 2.24) is 9.47 Å². The van der Waals surface area contributed by atoms with Gasteiger partial charge in [0, 0.05) is 24.8 Å². The highest BCUT2D eigenvalue weighted by Crippen LogP contribution is 2.18. The molecule has 0 radical (unpaired) electrons. The van der Waals surface area contributed by atoms with Crippen LogP contribution in [-0.4, -0.2) is 39.9 Å². The third-order valence-electron chi connectivity index (χ3n) is 3.39. The lowest BCUT2D eigenvalue weighted by Crippen LogP contribution is -2.26. The summed E-state index contributed by atoms with van der Waals surface area (Å²) in [5, 5.41) is 19.1. The first-order valence-electron chi connectivity index (χ1n) is 6.77. The van der Waals surface area contributed by atoms with E-state index in [0.717, 1.165) is 11.5 Å². The second kappa shape index (κ2) is 6.60. The molecule has 2 aromatic rings. The summed E-state index contributed by atoms with van der Waals surface area (Å²) in [4.78, 5) is 13.6. The lowest BCUT2D eigenvalue weighted by molar-refractivity contribution is 0.212. The minimum absolute atomic E-state index is 0.0193. The zero-order valence-corrected chi connectivity index (χ0v) is 12.2. The van der Waals surface area contributed by atoms with Crippen LogP contribution >= 0.6 is 0 Å². The van der Waals surface area contributed by atoms with Crippen LogP contribution in [0.4, 0.5) is 0 Å². The lowest BCUT2D eigenvalue weighted by Gasteiger charge is -2.21. The summed E-state index contributed by atoms with van der Waals surface area (Å²) in [6, 6.07) is 5.05. The maximum absolute atomic E-state index is 11.8. The minimum atomic E-state index is -0.393. The van der Waals surface area contributed by atoms with Crippen molar-refractivity contribution in [2.45, 2.75) is 20.0 Å². The number of pyridine rings is 1. The van der Waals surface area contributed by atoms with Gasteiger partial charge in [0.05, 0.1) is 25.1 Å². The van der Waals surface area contributed by atoms with Crippen LogP contribution in [0.3, 0.4) is 0 Å². The molecule has 0 saturated carbocycles. The molecule has 0 atom stereocenters. The van der Waals surface area contributed by atoms with Gasteiger partial charge in [-0.15, -0.1) is 0 Å². The fraction of sp³-hybridized carbons (Fsp3) is 0.400. The highest BCUT2D eigenvalue weighted by molar-refractivity contribution is 5.30. The van der Waals surface area contributed by atoms with Gasteiger partial charge in [-0.2, -0.15) is 0 Å². The van der Waals surface area contributed by atoms with Gasteiger partial charge < -0.3 is 19.2 Å². The maximum Gasteiger partial charge on any atom is 0.223 e. The maximum atomic E-state index is 11.8. The van der Waals surface area contributed by atoms with Crippen LogP contribution < -0.4 is 5.43 Å². The van der Waals surface area contributed by atoms with Gasteiger partial charge in [0.1, 0.15) is 5.76 Å². The topological polar surface area (TPSA) is 78.8 Å². The number of aliphatic hydroxyl groups excluding tert-OH is 1. The molecule has 0 saturated heterocycles. The van der Waals surface area contributed by atoms with Gasteiger partial charge in [-0.25, -0.2) is 0 Å². The monoisotopic (exact) mass is 292 g/mol. The molecule has 0 unspecified atom stereocenters. The van der Waals surface area contributed by atoms with E-state index in [1.165, 1.54) is 6.07 Å². The predicted octanol–water partition coefficient (Wildman–Crippen LogP) is 0.928. The number of aromatic nitrogens is 1. The molecule has 0 bridgehead atoms. The molecule has 0 aliphatic carbocycles. The number of aryl methyl sites for hydroxylation is 1. The Morgan fingerprint density at radius 2 is 2.19 bits per heavy atom. The number of rotatable bonds is 6. The summed E-state index contributed by atoms with van der Waals surface area (Å²) < 4.78 is 7.19. The molecule has 21 heavy (non-hydrogen) atoms. The fourth-order valence-electron chi connectivity index (χ4n) is 2.26. The lowest BCUT2D eigenvalue weighted by atomic mass is 10.2. The van der Waals surface area contributed by atoms with E-state index in [2.05, 4.69) is 0 Å². The van der Waals surface area contributed by atoms with Gasteiger partial charge in [-0.1, -0.05) is 0 Å². The zero-order chi connectivity index (χ0) is 15.4. The average Bonchev–Trinajstić information content (AvgIpc) is 2.93. The van der Waals surface area contributed by atoms with Gasteiger partial charge in [0.25, 0.3) is 0 Å². The Morgan fingerprint density at radius 3 is 2.81 bits per heavy atom. The molecule has 0 aliphatic heterocycles. The molecule has 6 nitrogen and oxygen atoms in total. The molecule has 0 aromatic carbocycles. The van der Waals surface area contributed by atoms with Crippen molar-refractivity contribution >= 4 is 0 Å². The van der Waals surface area contributed by atoms with Crippen LogP contribution in [0.2, 0.25) is 0 Å². The first-order valence-corrected chi connectivity index (χ1v) is 6.77. The van der Waals surface area contributed by atoms with Crippen LogP contribution in [0, 0.1) is 6.92 Å². The Morgan fingerprint density at radius 1 is 1.43 bits per heavy atom. The second-order valence-corrected chi connectivity index (χ2v) is 5.07. The Bertz CT molecular complexity index is 646. The van der Waals surface area contributed by atoms with Crippen molar-refractivity contribution in [3.63, 3.8) is 0 Å². The Hall–Kier alpha value is -2.05. The standard InChI is InChI=1S/C15H20N2O4/c1-11-8-14(19)15(20)13(10-16(2)5-6-18)17(11)9-12-4-3-7-21-12/h3-4,7-8,18,20H,5-6,9-10H2,1-2H3. The smallest absolute Gasteiger partial charge is 0.223 e. The molecule has 2 N–H and O–H groups in total. The Balaban J connectivity index is 2.41. The Labute approximate surface area is 122 Å². The third-order valence-corrected chi connectivity index (χ3v) is 3.39. The summed E-state index contributed by atoms with van der Waals surface area (Å²) in [6.45, 7) is 3.10. The number of furan rings is 1. The molecule has 0 aliphatic rings. The van der Waals surface area contributed by atoms with Crippen molar-refractivity contribution in [2.24, 2.45) is 0 Å². The number of likely N-dealkylation sites (N-methyl/N-ethyl adjacent to an activating group) is 1. The number of aliphatic hydroxyl groups is 1. The van der Waals surface area contributed by atoms with Crippen LogP contribution in [0.5, 0.6) is 5.75 Å². The summed E-state index contributed by atoms with van der Waals surface area (Å²) in [6.07, 6.45) is 1.59. The number of hydrogen-bond acceptors (Lipinski definition) is 5. The highest BCUT2D eigenvalue weighted by atomic mass is 16.3. The molecule has 6 heteroatoms. The van der Waals surface area contributed by atoms with E-state index in [1.54, 1.807) is 12.3 Å². The molecule has 2 aromatic heterocycles. The third kappa shape index (κ3) is 3.53. The van der Waals surface area contributed by atoms with E-state index in [1.807, 2.05) is 29.5 Å². The van der Waals surface area contributed by atoms with Crippen LogP contribution in [0.1, 0.15) is 17.1 Å². The summed E-state index contributed by atoms with van der Waals surface area (Å²) in [5.74, 6) is 0.490. The van der Waals surface area contributed by atoms with Crippen molar-refractivity contribution in [1.29, 1.82) is 0 Å². The minimum Gasteiger partial charge on any atom is -0.503 e. The van der Waals surface area contributed by atoms with Crippen molar-refractivity contribution in [3.8, 4) is 5.75 Å². The van der Waals surface area contributed by atoms with Crippen molar-refractivity contribution in [3.05, 3.63) is 51.8 Å². The zero-order valence-electron chi connectivity index (χ0n) is 12.2. The molecule has 0 amide bonds. The molecule has 2 heterocycles. The normalized spacial score (nSPS) is 11.2. The first-order chi connectivity index (χ1) is 10.0. The quantitative estimate of drug-likeness (QED) is 0.828. The highest BCUT2D eigenvalue weighted by Gasteiger charge is 2.15. The molecular formula is C15H20N2O4. The van der Waals surface area contributed by atoms with E-state index >= 15 is 0 Å². The summed E-state index contributed by atoms with van der Waals surface area (Å²) in [5.41, 5.74) is 0.879. The fourth-order valence-corrected chi connectivity index (χ4v) is 2.26. The second-order valence-electron chi connectivity index (χ2n) is 5.07. The van der Waals surface area contributed by atoms with Crippen molar-refractivity contribution < 1.29 is 14.6 Å². The predicted molar refractivity (Wildman–Crippen MR) is 78.3 cm³/mol. The molecular weight excluding hydrogens is 272 g/mol. The largest absolute Gasteiger partial charge is 0.503 e. The van der Waals surface area contributed by atoms with Gasteiger partial charge in [-0.05, 0) is 26.1 Å². The Kier molecular flexibility index (Phi) is 4.82. The average molecular weight is 292 g/mol. The number of aromatic hydroxyl groups is 1. The molecule has 114 valence electrons. The van der Waals surface area contributed by atoms with E-state index in [9.17, 15) is 9.90 Å². The number of nitrogens with zero attached hydrogens (tertiary/aromatic N) is 2. The van der Waals surface area contributed by atoms with E-state index < -0.39 is 5.43 Å². The van der Waals surface area contributed by atoms with Crippen LogP contribution in [0.15, 0.2) is 33.7 Å². The van der Waals surface area contributed by atoms with Gasteiger partial charge in [0.2, 0.25) is 5.43 Å². The van der Waals surface area contributed by atoms with E-state index in [-0.39, 0.29) is 12.4 Å². The van der Waals surface area contributed by atoms with Crippen LogP contribution in [-0.2, 0) is 13.1 Å². The van der Waals surface area contributed by atoms with Crippen molar-refractivity contribution in [2.75, 3.05) is 20.2 Å². The summed E-state index contributed by atoms with van der Waals surface area (Å²) >= 11 is 0. The van der Waals surface area contributed by atoms with Gasteiger partial charge >= 0.3 is 0 Å². The van der Waals surface area contributed by atoms with Gasteiger partial charge in [-0.3, -0.25) is 9.69 Å².